The molecule has 0 aliphatic heterocycles. The van der Waals surface area contributed by atoms with Crippen LogP contribution in [0.15, 0.2) is 0 Å². The first-order chi connectivity index (χ1) is 9.55. The standard InChI is InChI=1S/C15H21NO3S/c1-9-5-7-15(19-2,8-6-9)14-16-11(10-3-4-10)12(20-14)13(17)18/h9-10H,3-8H2,1-2H3,(H,17,18). The zero-order valence-corrected chi connectivity index (χ0v) is 12.8. The van der Waals surface area contributed by atoms with Crippen LogP contribution in [0.25, 0.3) is 0 Å². The van der Waals surface area contributed by atoms with Crippen LogP contribution >= 0.6 is 11.3 Å². The minimum Gasteiger partial charge on any atom is -0.477 e. The second-order valence-corrected chi connectivity index (χ2v) is 7.19. The molecule has 4 nitrogen and oxygen atoms in total. The number of methoxy groups -OCH3 is 1. The van der Waals surface area contributed by atoms with Gasteiger partial charge in [-0.3, -0.25) is 0 Å². The summed E-state index contributed by atoms with van der Waals surface area (Å²) in [5, 5.41) is 10.3. The third-order valence-corrected chi connectivity index (χ3v) is 5.92. The topological polar surface area (TPSA) is 59.4 Å². The molecule has 0 amide bonds. The molecule has 1 aromatic rings. The third kappa shape index (κ3) is 2.37. The molecular weight excluding hydrogens is 274 g/mol. The zero-order valence-electron chi connectivity index (χ0n) is 12.0. The van der Waals surface area contributed by atoms with Crippen molar-refractivity contribution in [1.29, 1.82) is 0 Å². The summed E-state index contributed by atoms with van der Waals surface area (Å²) in [7, 11) is 1.73. The van der Waals surface area contributed by atoms with Gasteiger partial charge in [-0.05, 0) is 44.4 Å². The summed E-state index contributed by atoms with van der Waals surface area (Å²) >= 11 is 1.33. The number of carboxylic acids is 1. The average molecular weight is 295 g/mol. The number of hydrogen-bond donors (Lipinski definition) is 1. The molecule has 2 saturated carbocycles. The van der Waals surface area contributed by atoms with Crippen LogP contribution in [0.5, 0.6) is 0 Å². The van der Waals surface area contributed by atoms with E-state index in [1.54, 1.807) is 7.11 Å². The van der Waals surface area contributed by atoms with Gasteiger partial charge in [-0.1, -0.05) is 6.92 Å². The van der Waals surface area contributed by atoms with Crippen molar-refractivity contribution in [3.63, 3.8) is 0 Å². The monoisotopic (exact) mass is 295 g/mol. The Morgan fingerprint density at radius 2 is 2.00 bits per heavy atom. The van der Waals surface area contributed by atoms with Crippen molar-refractivity contribution >= 4 is 17.3 Å². The summed E-state index contributed by atoms with van der Waals surface area (Å²) in [6, 6.07) is 0. The lowest BCUT2D eigenvalue weighted by molar-refractivity contribution is -0.0531. The lowest BCUT2D eigenvalue weighted by atomic mass is 9.80. The number of thiazole rings is 1. The number of nitrogens with zero attached hydrogens (tertiary/aromatic N) is 1. The molecule has 0 bridgehead atoms. The Bertz CT molecular complexity index is 513. The SMILES string of the molecule is COC1(c2nc(C3CC3)c(C(=O)O)s2)CCC(C)CC1. The van der Waals surface area contributed by atoms with Crippen LogP contribution in [0.1, 0.15) is 71.7 Å². The molecule has 2 fully saturated rings. The van der Waals surface area contributed by atoms with Gasteiger partial charge in [0.15, 0.2) is 0 Å². The molecule has 0 saturated heterocycles. The van der Waals surface area contributed by atoms with Crippen molar-refractivity contribution in [1.82, 2.24) is 4.98 Å². The molecule has 0 unspecified atom stereocenters. The summed E-state index contributed by atoms with van der Waals surface area (Å²) in [5.74, 6) is 0.244. The Morgan fingerprint density at radius 1 is 1.35 bits per heavy atom. The predicted molar refractivity (Wildman–Crippen MR) is 77.4 cm³/mol. The molecule has 5 heteroatoms. The summed E-state index contributed by atoms with van der Waals surface area (Å²) in [6.45, 7) is 2.26. The average Bonchev–Trinajstić information content (AvgIpc) is 3.18. The number of carbonyl (C=O) groups is 1. The van der Waals surface area contributed by atoms with E-state index in [1.807, 2.05) is 0 Å². The maximum Gasteiger partial charge on any atom is 0.347 e. The van der Waals surface area contributed by atoms with Crippen molar-refractivity contribution in [3.05, 3.63) is 15.6 Å². The van der Waals surface area contributed by atoms with E-state index in [-0.39, 0.29) is 5.60 Å². The number of hydrogen-bond acceptors (Lipinski definition) is 4. The molecule has 0 spiro atoms. The van der Waals surface area contributed by atoms with Crippen LogP contribution in [0.2, 0.25) is 0 Å². The lowest BCUT2D eigenvalue weighted by Gasteiger charge is -2.36. The minimum absolute atomic E-state index is 0.353. The summed E-state index contributed by atoms with van der Waals surface area (Å²) in [4.78, 5) is 16.6. The van der Waals surface area contributed by atoms with Gasteiger partial charge in [-0.2, -0.15) is 0 Å². The van der Waals surface area contributed by atoms with Gasteiger partial charge in [0.05, 0.1) is 5.69 Å². The van der Waals surface area contributed by atoms with Crippen molar-refractivity contribution in [2.45, 2.75) is 57.0 Å². The molecule has 3 rings (SSSR count). The van der Waals surface area contributed by atoms with E-state index < -0.39 is 5.97 Å². The Balaban J connectivity index is 1.95. The molecule has 2 aliphatic carbocycles. The fourth-order valence-electron chi connectivity index (χ4n) is 3.05. The van der Waals surface area contributed by atoms with Gasteiger partial charge in [0.2, 0.25) is 0 Å². The van der Waals surface area contributed by atoms with E-state index in [4.69, 9.17) is 9.72 Å². The Kier molecular flexibility index (Phi) is 3.58. The third-order valence-electron chi connectivity index (χ3n) is 4.67. The first-order valence-electron chi connectivity index (χ1n) is 7.35. The smallest absolute Gasteiger partial charge is 0.347 e. The maximum absolute atomic E-state index is 11.4. The van der Waals surface area contributed by atoms with E-state index in [0.29, 0.717) is 10.8 Å². The van der Waals surface area contributed by atoms with Crippen LogP contribution in [-0.2, 0) is 10.3 Å². The summed E-state index contributed by atoms with van der Waals surface area (Å²) in [5.41, 5.74) is 0.446. The van der Waals surface area contributed by atoms with Crippen molar-refractivity contribution in [2.75, 3.05) is 7.11 Å². The fraction of sp³-hybridized carbons (Fsp3) is 0.733. The number of rotatable bonds is 4. The Morgan fingerprint density at radius 3 is 2.50 bits per heavy atom. The highest BCUT2D eigenvalue weighted by Gasteiger charge is 2.41. The van der Waals surface area contributed by atoms with Gasteiger partial charge in [0.25, 0.3) is 0 Å². The molecule has 1 N–H and O–H groups in total. The van der Waals surface area contributed by atoms with Crippen LogP contribution in [0.3, 0.4) is 0 Å². The Hall–Kier alpha value is -0.940. The second-order valence-electron chi connectivity index (χ2n) is 6.19. The maximum atomic E-state index is 11.4. The summed E-state index contributed by atoms with van der Waals surface area (Å²) < 4.78 is 5.82. The second kappa shape index (κ2) is 5.11. The number of aromatic carboxylic acids is 1. The predicted octanol–water partition coefficient (Wildman–Crippen LogP) is 3.77. The molecule has 0 aromatic carbocycles. The lowest BCUT2D eigenvalue weighted by Crippen LogP contribution is -2.33. The number of ether oxygens (including phenoxy) is 1. The zero-order chi connectivity index (χ0) is 14.3. The highest BCUT2D eigenvalue weighted by atomic mass is 32.1. The van der Waals surface area contributed by atoms with E-state index in [0.717, 1.165) is 55.1 Å². The molecule has 1 heterocycles. The first-order valence-corrected chi connectivity index (χ1v) is 8.17. The molecular formula is C15H21NO3S. The van der Waals surface area contributed by atoms with E-state index in [9.17, 15) is 9.90 Å². The number of carboxylic acid groups (broad SMARTS) is 1. The molecule has 110 valence electrons. The highest BCUT2D eigenvalue weighted by Crippen LogP contribution is 2.48. The van der Waals surface area contributed by atoms with Gasteiger partial charge >= 0.3 is 5.97 Å². The van der Waals surface area contributed by atoms with Gasteiger partial charge < -0.3 is 9.84 Å². The van der Waals surface area contributed by atoms with E-state index in [2.05, 4.69) is 6.92 Å². The molecule has 20 heavy (non-hydrogen) atoms. The first kappa shape index (κ1) is 14.0. The van der Waals surface area contributed by atoms with Crippen molar-refractivity contribution in [2.24, 2.45) is 5.92 Å². The molecule has 1 aromatic heterocycles. The van der Waals surface area contributed by atoms with Gasteiger partial charge in [0.1, 0.15) is 15.5 Å². The molecule has 0 atom stereocenters. The van der Waals surface area contributed by atoms with Crippen molar-refractivity contribution < 1.29 is 14.6 Å². The molecule has 2 aliphatic rings. The largest absolute Gasteiger partial charge is 0.477 e. The van der Waals surface area contributed by atoms with Crippen LogP contribution in [0.4, 0.5) is 0 Å². The van der Waals surface area contributed by atoms with Crippen LogP contribution in [0, 0.1) is 5.92 Å². The van der Waals surface area contributed by atoms with E-state index >= 15 is 0 Å². The van der Waals surface area contributed by atoms with Gasteiger partial charge in [0, 0.05) is 13.0 Å². The van der Waals surface area contributed by atoms with Gasteiger partial charge in [-0.15, -0.1) is 11.3 Å². The highest BCUT2D eigenvalue weighted by molar-refractivity contribution is 7.13. The van der Waals surface area contributed by atoms with Crippen LogP contribution < -0.4 is 0 Å². The minimum atomic E-state index is -0.842. The normalized spacial score (nSPS) is 30.4. The summed E-state index contributed by atoms with van der Waals surface area (Å²) in [6.07, 6.45) is 6.27. The van der Waals surface area contributed by atoms with Crippen LogP contribution in [-0.4, -0.2) is 23.2 Å². The quantitative estimate of drug-likeness (QED) is 0.918. The van der Waals surface area contributed by atoms with Gasteiger partial charge in [-0.25, -0.2) is 9.78 Å². The Labute approximate surface area is 123 Å². The van der Waals surface area contributed by atoms with Crippen molar-refractivity contribution in [3.8, 4) is 0 Å². The molecule has 0 radical (unpaired) electrons. The fourth-order valence-corrected chi connectivity index (χ4v) is 4.26. The van der Waals surface area contributed by atoms with E-state index in [1.165, 1.54) is 11.3 Å². The number of aromatic nitrogens is 1.